The molecule has 0 radical (unpaired) electrons. The fourth-order valence-corrected chi connectivity index (χ4v) is 3.28. The van der Waals surface area contributed by atoms with E-state index in [1.54, 1.807) is 0 Å². The maximum atomic E-state index is 14.4. The number of nitrogens with one attached hydrogen (secondary N) is 1. The number of benzene rings is 1. The maximum Gasteiger partial charge on any atom is 0.417 e. The fraction of sp³-hybridized carbons (Fsp3) is 0.250. The van der Waals surface area contributed by atoms with Crippen LogP contribution in [0, 0.1) is 17.1 Å². The summed E-state index contributed by atoms with van der Waals surface area (Å²) in [6, 6.07) is 3.94. The molecule has 32 heavy (non-hydrogen) atoms. The number of hydrogen-bond acceptors (Lipinski definition) is 5. The van der Waals surface area contributed by atoms with Gasteiger partial charge in [0.25, 0.3) is 11.8 Å². The van der Waals surface area contributed by atoms with Gasteiger partial charge in [-0.05, 0) is 38.1 Å². The molecule has 2 aromatic rings. The van der Waals surface area contributed by atoms with Gasteiger partial charge in [0.15, 0.2) is 0 Å². The molecule has 4 amide bonds. The number of carbonyl (C=O) groups is 3. The number of halogens is 4. The Balaban J connectivity index is 2.10. The molecule has 2 heterocycles. The number of urea groups is 1. The molecule has 0 unspecified atom stereocenters. The first-order valence-electron chi connectivity index (χ1n) is 9.02. The Morgan fingerprint density at radius 1 is 1.22 bits per heavy atom. The molecule has 0 spiro atoms. The largest absolute Gasteiger partial charge is 0.417 e. The van der Waals surface area contributed by atoms with Crippen molar-refractivity contribution in [1.82, 2.24) is 10.3 Å². The summed E-state index contributed by atoms with van der Waals surface area (Å²) >= 11 is 0. The summed E-state index contributed by atoms with van der Waals surface area (Å²) < 4.78 is 54.4. The first-order chi connectivity index (χ1) is 14.8. The zero-order valence-electron chi connectivity index (χ0n) is 16.9. The first-order valence-corrected chi connectivity index (χ1v) is 9.02. The molecule has 8 nitrogen and oxygen atoms in total. The summed E-state index contributed by atoms with van der Waals surface area (Å²) in [7, 11) is 1.30. The summed E-state index contributed by atoms with van der Waals surface area (Å²) in [5.74, 6) is -3.22. The molecule has 3 rings (SSSR count). The first kappa shape index (κ1) is 22.7. The fourth-order valence-electron chi connectivity index (χ4n) is 3.28. The van der Waals surface area contributed by atoms with Gasteiger partial charge in [-0.15, -0.1) is 0 Å². The smallest absolute Gasteiger partial charge is 0.355 e. The highest BCUT2D eigenvalue weighted by atomic mass is 19.4. The van der Waals surface area contributed by atoms with Gasteiger partial charge in [-0.2, -0.15) is 18.4 Å². The summed E-state index contributed by atoms with van der Waals surface area (Å²) in [6.07, 6.45) is -4.31. The monoisotopic (exact) mass is 449 g/mol. The second-order valence-electron chi connectivity index (χ2n) is 7.26. The third-order valence-electron chi connectivity index (χ3n) is 4.90. The van der Waals surface area contributed by atoms with E-state index in [1.165, 1.54) is 33.0 Å². The molecule has 1 aliphatic rings. The van der Waals surface area contributed by atoms with Gasteiger partial charge in [0.2, 0.25) is 0 Å². The van der Waals surface area contributed by atoms with Crippen LogP contribution in [0.3, 0.4) is 0 Å². The van der Waals surface area contributed by atoms with E-state index in [9.17, 15) is 31.9 Å². The molecule has 1 fully saturated rings. The Bertz CT molecular complexity index is 1190. The van der Waals surface area contributed by atoms with Crippen molar-refractivity contribution in [2.24, 2.45) is 0 Å². The van der Waals surface area contributed by atoms with Gasteiger partial charge < -0.3 is 5.32 Å². The van der Waals surface area contributed by atoms with Gasteiger partial charge in [-0.1, -0.05) is 0 Å². The van der Waals surface area contributed by atoms with Crippen molar-refractivity contribution >= 4 is 29.4 Å². The number of rotatable bonds is 3. The van der Waals surface area contributed by atoms with Crippen LogP contribution >= 0.6 is 0 Å². The Labute approximate surface area is 179 Å². The third-order valence-corrected chi connectivity index (χ3v) is 4.90. The van der Waals surface area contributed by atoms with Crippen LogP contribution in [-0.2, 0) is 11.0 Å². The second kappa shape index (κ2) is 7.60. The van der Waals surface area contributed by atoms with Gasteiger partial charge in [0, 0.05) is 18.9 Å². The van der Waals surface area contributed by atoms with E-state index in [2.05, 4.69) is 10.3 Å². The van der Waals surface area contributed by atoms with Crippen LogP contribution in [0.5, 0.6) is 0 Å². The molecule has 1 N–H and O–H groups in total. The average Bonchev–Trinajstić information content (AvgIpc) is 2.90. The van der Waals surface area contributed by atoms with Crippen LogP contribution in [0.4, 0.5) is 33.9 Å². The number of pyridine rings is 1. The van der Waals surface area contributed by atoms with E-state index in [1.807, 2.05) is 0 Å². The van der Waals surface area contributed by atoms with Gasteiger partial charge >= 0.3 is 12.2 Å². The highest BCUT2D eigenvalue weighted by Gasteiger charge is 2.53. The summed E-state index contributed by atoms with van der Waals surface area (Å²) in [5.41, 5.74) is -4.14. The minimum Gasteiger partial charge on any atom is -0.355 e. The zero-order chi connectivity index (χ0) is 24.0. The highest BCUT2D eigenvalue weighted by Crippen LogP contribution is 2.38. The highest BCUT2D eigenvalue weighted by molar-refractivity contribution is 6.29. The predicted molar refractivity (Wildman–Crippen MR) is 103 cm³/mol. The minimum absolute atomic E-state index is 0.0920. The Kier molecular flexibility index (Phi) is 5.38. The lowest BCUT2D eigenvalue weighted by Gasteiger charge is -2.27. The van der Waals surface area contributed by atoms with Gasteiger partial charge in [-0.25, -0.2) is 19.1 Å². The van der Waals surface area contributed by atoms with Crippen molar-refractivity contribution in [2.75, 3.05) is 16.8 Å². The molecule has 0 bridgehead atoms. The van der Waals surface area contributed by atoms with Crippen LogP contribution < -0.4 is 15.1 Å². The van der Waals surface area contributed by atoms with Crippen LogP contribution in [0.2, 0.25) is 0 Å². The number of nitrogens with zero attached hydrogens (tertiary/aromatic N) is 4. The standard InChI is InChI=1S/C20H15F4N5O3/c1-19(2)17(31)28(15-7-13(20(22,23)24)10(8-25)9-27-15)18(32)29(19)11-4-5-12(14(21)6-11)16(30)26-3/h4-7,9H,1-3H3,(H,26,30). The molecule has 1 aromatic heterocycles. The molecule has 0 atom stereocenters. The normalized spacial score (nSPS) is 15.7. The lowest BCUT2D eigenvalue weighted by atomic mass is 10.0. The number of nitriles is 1. The molecule has 12 heteroatoms. The van der Waals surface area contributed by atoms with E-state index in [4.69, 9.17) is 5.26 Å². The lowest BCUT2D eigenvalue weighted by molar-refractivity contribution is -0.137. The Hall–Kier alpha value is -4.01. The van der Waals surface area contributed by atoms with Crippen molar-refractivity contribution < 1.29 is 31.9 Å². The zero-order valence-corrected chi connectivity index (χ0v) is 16.9. The maximum absolute atomic E-state index is 14.4. The number of aromatic nitrogens is 1. The van der Waals surface area contributed by atoms with E-state index in [0.29, 0.717) is 17.2 Å². The molecule has 1 aromatic carbocycles. The molecule has 0 aliphatic carbocycles. The van der Waals surface area contributed by atoms with E-state index >= 15 is 0 Å². The third kappa shape index (κ3) is 3.51. The number of hydrogen-bond donors (Lipinski definition) is 1. The van der Waals surface area contributed by atoms with Gasteiger partial charge in [0.05, 0.1) is 16.7 Å². The summed E-state index contributed by atoms with van der Waals surface area (Å²) in [6.45, 7) is 2.65. The number of anilines is 2. The quantitative estimate of drug-likeness (QED) is 0.572. The van der Waals surface area contributed by atoms with Gasteiger partial charge in [0.1, 0.15) is 23.2 Å². The molecular formula is C20H15F4N5O3. The van der Waals surface area contributed by atoms with E-state index < -0.39 is 52.3 Å². The minimum atomic E-state index is -4.93. The van der Waals surface area contributed by atoms with Gasteiger partial charge in [-0.3, -0.25) is 14.5 Å². The Morgan fingerprint density at radius 3 is 2.41 bits per heavy atom. The number of amides is 4. The van der Waals surface area contributed by atoms with Crippen LogP contribution in [0.1, 0.15) is 35.3 Å². The van der Waals surface area contributed by atoms with Crippen LogP contribution in [0.15, 0.2) is 30.5 Å². The molecule has 1 saturated heterocycles. The lowest BCUT2D eigenvalue weighted by Crippen LogP contribution is -2.44. The van der Waals surface area contributed by atoms with Crippen LogP contribution in [-0.4, -0.2) is 35.4 Å². The topological polar surface area (TPSA) is 106 Å². The molecule has 1 aliphatic heterocycles. The van der Waals surface area contributed by atoms with Crippen molar-refractivity contribution in [1.29, 1.82) is 5.26 Å². The average molecular weight is 449 g/mol. The number of imide groups is 1. The van der Waals surface area contributed by atoms with Crippen molar-refractivity contribution in [3.8, 4) is 6.07 Å². The van der Waals surface area contributed by atoms with E-state index in [-0.39, 0.29) is 11.3 Å². The molecular weight excluding hydrogens is 434 g/mol. The Morgan fingerprint density at radius 2 is 1.88 bits per heavy atom. The van der Waals surface area contributed by atoms with Crippen molar-refractivity contribution in [3.63, 3.8) is 0 Å². The summed E-state index contributed by atoms with van der Waals surface area (Å²) in [4.78, 5) is 42.7. The van der Waals surface area contributed by atoms with Crippen LogP contribution in [0.25, 0.3) is 0 Å². The number of alkyl halides is 3. The summed E-state index contributed by atoms with van der Waals surface area (Å²) in [5, 5.41) is 11.2. The predicted octanol–water partition coefficient (Wildman–Crippen LogP) is 3.22. The number of carbonyl (C=O) groups excluding carboxylic acids is 3. The SMILES string of the molecule is CNC(=O)c1ccc(N2C(=O)N(c3cc(C(F)(F)F)c(C#N)cn3)C(=O)C2(C)C)cc1F. The second-order valence-corrected chi connectivity index (χ2v) is 7.26. The molecule has 0 saturated carbocycles. The van der Waals surface area contributed by atoms with E-state index in [0.717, 1.165) is 17.0 Å². The van der Waals surface area contributed by atoms with Crippen molar-refractivity contribution in [2.45, 2.75) is 25.6 Å². The molecule has 166 valence electrons. The van der Waals surface area contributed by atoms with Crippen molar-refractivity contribution in [3.05, 3.63) is 53.0 Å².